The van der Waals surface area contributed by atoms with Crippen molar-refractivity contribution in [2.24, 2.45) is 5.92 Å². The Balaban J connectivity index is 1.92. The molecule has 1 aromatic heterocycles. The van der Waals surface area contributed by atoms with Crippen LogP contribution < -0.4 is 10.1 Å². The smallest absolute Gasteiger partial charge is 0.308 e. The van der Waals surface area contributed by atoms with E-state index in [-0.39, 0.29) is 12.0 Å². The number of nitrogens with zero attached hydrogens (tertiary/aromatic N) is 1. The number of carboxylic acid groups (broad SMARTS) is 1. The van der Waals surface area contributed by atoms with Gasteiger partial charge in [-0.25, -0.2) is 4.98 Å². The highest BCUT2D eigenvalue weighted by Gasteiger charge is 2.36. The second-order valence-corrected chi connectivity index (χ2v) is 4.18. The van der Waals surface area contributed by atoms with E-state index in [9.17, 15) is 4.79 Å². The van der Waals surface area contributed by atoms with Crippen molar-refractivity contribution in [3.05, 3.63) is 23.9 Å². The van der Waals surface area contributed by atoms with Crippen LogP contribution in [0.2, 0.25) is 0 Å². The number of nitrogens with one attached hydrogen (secondary N) is 1. The van der Waals surface area contributed by atoms with Gasteiger partial charge in [0.05, 0.1) is 13.0 Å². The zero-order valence-corrected chi connectivity index (χ0v) is 9.72. The number of aromatic nitrogens is 1. The van der Waals surface area contributed by atoms with Crippen LogP contribution in [0.4, 0.5) is 0 Å². The van der Waals surface area contributed by atoms with Crippen LogP contribution in [0.25, 0.3) is 0 Å². The maximum Gasteiger partial charge on any atom is 0.308 e. The van der Waals surface area contributed by atoms with Gasteiger partial charge in [0.25, 0.3) is 0 Å². The first-order valence-electron chi connectivity index (χ1n) is 5.66. The molecule has 0 aliphatic heterocycles. The SMILES string of the molecule is COc1ncccc1CNC1CCC1C(=O)O. The first-order valence-corrected chi connectivity index (χ1v) is 5.66. The zero-order valence-electron chi connectivity index (χ0n) is 9.72. The highest BCUT2D eigenvalue weighted by molar-refractivity contribution is 5.72. The van der Waals surface area contributed by atoms with Gasteiger partial charge in [-0.2, -0.15) is 0 Å². The maximum atomic E-state index is 10.8. The number of pyridine rings is 1. The summed E-state index contributed by atoms with van der Waals surface area (Å²) in [5.74, 6) is -0.379. The summed E-state index contributed by atoms with van der Waals surface area (Å²) < 4.78 is 5.14. The van der Waals surface area contributed by atoms with Gasteiger partial charge in [0.2, 0.25) is 5.88 Å². The van der Waals surface area contributed by atoms with E-state index < -0.39 is 5.97 Å². The lowest BCUT2D eigenvalue weighted by atomic mass is 9.79. The molecule has 2 N–H and O–H groups in total. The predicted molar refractivity (Wildman–Crippen MR) is 61.8 cm³/mol. The molecule has 5 nitrogen and oxygen atoms in total. The van der Waals surface area contributed by atoms with E-state index in [1.54, 1.807) is 13.3 Å². The Bertz CT molecular complexity index is 408. The fraction of sp³-hybridized carbons (Fsp3) is 0.500. The van der Waals surface area contributed by atoms with E-state index in [2.05, 4.69) is 10.3 Å². The third kappa shape index (κ3) is 2.55. The Morgan fingerprint density at radius 3 is 3.06 bits per heavy atom. The highest BCUT2D eigenvalue weighted by atomic mass is 16.5. The van der Waals surface area contributed by atoms with Gasteiger partial charge in [-0.3, -0.25) is 4.79 Å². The summed E-state index contributed by atoms with van der Waals surface area (Å²) >= 11 is 0. The van der Waals surface area contributed by atoms with Crippen molar-refractivity contribution in [3.8, 4) is 5.88 Å². The lowest BCUT2D eigenvalue weighted by molar-refractivity contribution is -0.146. The Labute approximate surface area is 99.8 Å². The number of aliphatic carboxylic acids is 1. The maximum absolute atomic E-state index is 10.8. The molecule has 17 heavy (non-hydrogen) atoms. The number of ether oxygens (including phenoxy) is 1. The number of carbonyl (C=O) groups is 1. The fourth-order valence-electron chi connectivity index (χ4n) is 2.02. The van der Waals surface area contributed by atoms with Gasteiger partial charge < -0.3 is 15.2 Å². The molecule has 0 spiro atoms. The molecule has 0 amide bonds. The minimum Gasteiger partial charge on any atom is -0.481 e. The Hall–Kier alpha value is -1.62. The largest absolute Gasteiger partial charge is 0.481 e. The van der Waals surface area contributed by atoms with Crippen LogP contribution in [0.3, 0.4) is 0 Å². The molecule has 5 heteroatoms. The van der Waals surface area contributed by atoms with Crippen LogP contribution in [0.15, 0.2) is 18.3 Å². The molecule has 0 saturated heterocycles. The molecule has 2 rings (SSSR count). The summed E-state index contributed by atoms with van der Waals surface area (Å²) in [4.78, 5) is 14.9. The molecule has 1 aliphatic carbocycles. The van der Waals surface area contributed by atoms with Crippen LogP contribution in [-0.4, -0.2) is 29.2 Å². The molecular weight excluding hydrogens is 220 g/mol. The van der Waals surface area contributed by atoms with Crippen LogP contribution >= 0.6 is 0 Å². The molecule has 1 aliphatic rings. The average Bonchev–Trinajstić information content (AvgIpc) is 2.27. The number of hydrogen-bond donors (Lipinski definition) is 2. The normalized spacial score (nSPS) is 22.9. The van der Waals surface area contributed by atoms with Gasteiger partial charge in [0, 0.05) is 24.3 Å². The van der Waals surface area contributed by atoms with Gasteiger partial charge in [-0.15, -0.1) is 0 Å². The minimum absolute atomic E-state index is 0.0670. The monoisotopic (exact) mass is 236 g/mol. The van der Waals surface area contributed by atoms with Gasteiger partial charge in [0.1, 0.15) is 0 Å². The standard InChI is InChI=1S/C12H16N2O3/c1-17-11-8(3-2-6-13-11)7-14-10-5-4-9(10)12(15)16/h2-3,6,9-10,14H,4-5,7H2,1H3,(H,15,16). The Morgan fingerprint density at radius 2 is 2.47 bits per heavy atom. The number of methoxy groups -OCH3 is 1. The first kappa shape index (κ1) is 11.9. The molecule has 0 radical (unpaired) electrons. The quantitative estimate of drug-likeness (QED) is 0.799. The molecule has 1 fully saturated rings. The van der Waals surface area contributed by atoms with Crippen molar-refractivity contribution in [1.82, 2.24) is 10.3 Å². The molecule has 1 heterocycles. The van der Waals surface area contributed by atoms with Crippen LogP contribution in [0, 0.1) is 5.92 Å². The van der Waals surface area contributed by atoms with E-state index in [1.165, 1.54) is 0 Å². The van der Waals surface area contributed by atoms with Gasteiger partial charge in [0.15, 0.2) is 0 Å². The molecule has 0 aromatic carbocycles. The lowest BCUT2D eigenvalue weighted by Crippen LogP contribution is -2.47. The summed E-state index contributed by atoms with van der Waals surface area (Å²) in [7, 11) is 1.58. The van der Waals surface area contributed by atoms with E-state index in [1.807, 2.05) is 12.1 Å². The summed E-state index contributed by atoms with van der Waals surface area (Å²) in [5.41, 5.74) is 0.950. The Kier molecular flexibility index (Phi) is 3.58. The van der Waals surface area contributed by atoms with Crippen molar-refractivity contribution in [1.29, 1.82) is 0 Å². The predicted octanol–water partition coefficient (Wildman–Crippen LogP) is 1.04. The van der Waals surface area contributed by atoms with Crippen molar-refractivity contribution in [3.63, 3.8) is 0 Å². The lowest BCUT2D eigenvalue weighted by Gasteiger charge is -2.34. The third-order valence-corrected chi connectivity index (χ3v) is 3.19. The zero-order chi connectivity index (χ0) is 12.3. The van der Waals surface area contributed by atoms with E-state index in [0.29, 0.717) is 12.4 Å². The van der Waals surface area contributed by atoms with Crippen molar-refractivity contribution in [2.75, 3.05) is 7.11 Å². The van der Waals surface area contributed by atoms with Crippen LogP contribution in [0.5, 0.6) is 5.88 Å². The van der Waals surface area contributed by atoms with Crippen molar-refractivity contribution >= 4 is 5.97 Å². The number of carboxylic acids is 1. The minimum atomic E-state index is -0.716. The topological polar surface area (TPSA) is 71.5 Å². The van der Waals surface area contributed by atoms with Crippen LogP contribution in [-0.2, 0) is 11.3 Å². The molecule has 0 bridgehead atoms. The molecular formula is C12H16N2O3. The van der Waals surface area contributed by atoms with E-state index in [4.69, 9.17) is 9.84 Å². The molecule has 1 aromatic rings. The molecule has 1 saturated carbocycles. The summed E-state index contributed by atoms with van der Waals surface area (Å²) in [6, 6.07) is 3.83. The fourth-order valence-corrected chi connectivity index (χ4v) is 2.02. The van der Waals surface area contributed by atoms with Crippen LogP contribution in [0.1, 0.15) is 18.4 Å². The van der Waals surface area contributed by atoms with Crippen molar-refractivity contribution < 1.29 is 14.6 Å². The van der Waals surface area contributed by atoms with E-state index in [0.717, 1.165) is 18.4 Å². The van der Waals surface area contributed by atoms with Gasteiger partial charge in [-0.1, -0.05) is 6.07 Å². The first-order chi connectivity index (χ1) is 8.22. The summed E-state index contributed by atoms with van der Waals surface area (Å²) in [5, 5.41) is 12.2. The average molecular weight is 236 g/mol. The van der Waals surface area contributed by atoms with Gasteiger partial charge in [-0.05, 0) is 18.9 Å². The molecule has 2 unspecified atom stereocenters. The second-order valence-electron chi connectivity index (χ2n) is 4.18. The number of rotatable bonds is 5. The number of hydrogen-bond acceptors (Lipinski definition) is 4. The molecule has 2 atom stereocenters. The third-order valence-electron chi connectivity index (χ3n) is 3.19. The Morgan fingerprint density at radius 1 is 1.65 bits per heavy atom. The second kappa shape index (κ2) is 5.14. The van der Waals surface area contributed by atoms with Crippen molar-refractivity contribution in [2.45, 2.75) is 25.4 Å². The summed E-state index contributed by atoms with van der Waals surface area (Å²) in [6.07, 6.45) is 3.35. The van der Waals surface area contributed by atoms with Gasteiger partial charge >= 0.3 is 5.97 Å². The van der Waals surface area contributed by atoms with E-state index >= 15 is 0 Å². The summed E-state index contributed by atoms with van der Waals surface area (Å²) in [6.45, 7) is 0.589. The molecule has 92 valence electrons. The highest BCUT2D eigenvalue weighted by Crippen LogP contribution is 2.28.